The van der Waals surface area contributed by atoms with Crippen molar-refractivity contribution in [3.8, 4) is 0 Å². The first-order valence-corrected chi connectivity index (χ1v) is 16.4. The van der Waals surface area contributed by atoms with Gasteiger partial charge in [-0.05, 0) is 88.2 Å². The molecule has 0 aromatic heterocycles. The second-order valence-electron chi connectivity index (χ2n) is 12.9. The number of benzene rings is 11. The number of rotatable bonds is 3. The molecule has 0 bridgehead atoms. The van der Waals surface area contributed by atoms with Crippen LogP contribution in [0.2, 0.25) is 0 Å². The van der Waals surface area contributed by atoms with E-state index in [1.54, 1.807) is 0 Å². The van der Waals surface area contributed by atoms with Crippen LogP contribution in [0.5, 0.6) is 0 Å². The van der Waals surface area contributed by atoms with Crippen LogP contribution in [0.15, 0.2) is 164 Å². The second kappa shape index (κ2) is 9.19. The minimum Gasteiger partial charge on any atom is -0.309 e. The van der Waals surface area contributed by atoms with Gasteiger partial charge in [-0.2, -0.15) is 0 Å². The van der Waals surface area contributed by atoms with Crippen LogP contribution >= 0.6 is 0 Å². The van der Waals surface area contributed by atoms with Gasteiger partial charge in [0.1, 0.15) is 0 Å². The summed E-state index contributed by atoms with van der Waals surface area (Å²) in [6.07, 6.45) is 0. The lowest BCUT2D eigenvalue weighted by Gasteiger charge is -2.31. The molecule has 0 N–H and O–H groups in total. The summed E-state index contributed by atoms with van der Waals surface area (Å²) in [7, 11) is 0. The molecule has 0 amide bonds. The van der Waals surface area contributed by atoms with E-state index in [0.29, 0.717) is 0 Å². The lowest BCUT2D eigenvalue weighted by molar-refractivity contribution is 1.34. The van der Waals surface area contributed by atoms with Gasteiger partial charge in [0, 0.05) is 16.2 Å². The Morgan fingerprint density at radius 1 is 0.234 bits per heavy atom. The zero-order valence-corrected chi connectivity index (χ0v) is 25.5. The van der Waals surface area contributed by atoms with Crippen LogP contribution < -0.4 is 4.90 Å². The third kappa shape index (κ3) is 3.38. The predicted octanol–water partition coefficient (Wildman–Crippen LogP) is 13.3. The van der Waals surface area contributed by atoms with Crippen LogP contribution in [0.3, 0.4) is 0 Å². The van der Waals surface area contributed by atoms with Crippen LogP contribution in [-0.4, -0.2) is 0 Å². The largest absolute Gasteiger partial charge is 0.309 e. The van der Waals surface area contributed by atoms with E-state index in [4.69, 9.17) is 0 Å². The van der Waals surface area contributed by atoms with E-state index in [1.807, 2.05) is 0 Å². The Morgan fingerprint density at radius 2 is 0.638 bits per heavy atom. The van der Waals surface area contributed by atoms with Crippen molar-refractivity contribution in [2.45, 2.75) is 0 Å². The van der Waals surface area contributed by atoms with Gasteiger partial charge in [0.25, 0.3) is 0 Å². The van der Waals surface area contributed by atoms with Gasteiger partial charge in [0.15, 0.2) is 0 Å². The molecule has 0 radical (unpaired) electrons. The summed E-state index contributed by atoms with van der Waals surface area (Å²) in [5, 5.41) is 20.5. The average Bonchev–Trinajstić information content (AvgIpc) is 3.14. The molecule has 0 heterocycles. The third-order valence-corrected chi connectivity index (χ3v) is 10.5. The van der Waals surface area contributed by atoms with Crippen molar-refractivity contribution in [2.75, 3.05) is 4.90 Å². The van der Waals surface area contributed by atoms with Gasteiger partial charge in [-0.15, -0.1) is 0 Å². The summed E-state index contributed by atoms with van der Waals surface area (Å²) in [6.45, 7) is 0. The summed E-state index contributed by atoms with van der Waals surface area (Å²) in [6, 6.07) is 61.0. The zero-order valence-electron chi connectivity index (χ0n) is 25.5. The Labute approximate surface area is 271 Å². The molecule has 0 saturated heterocycles. The molecule has 47 heavy (non-hydrogen) atoms. The number of hydrogen-bond donors (Lipinski definition) is 0. The molecule has 0 fully saturated rings. The molecule has 11 aromatic rings. The molecule has 0 atom stereocenters. The quantitative estimate of drug-likeness (QED) is 0.184. The Bertz CT molecular complexity index is 2840. The van der Waals surface area contributed by atoms with E-state index in [2.05, 4.69) is 169 Å². The van der Waals surface area contributed by atoms with Gasteiger partial charge < -0.3 is 4.90 Å². The van der Waals surface area contributed by atoms with Crippen LogP contribution in [-0.2, 0) is 0 Å². The average molecular weight is 594 g/mol. The highest BCUT2D eigenvalue weighted by atomic mass is 15.1. The van der Waals surface area contributed by atoms with Gasteiger partial charge in [0.2, 0.25) is 0 Å². The highest BCUT2D eigenvalue weighted by Crippen LogP contribution is 2.49. The van der Waals surface area contributed by atoms with E-state index < -0.39 is 0 Å². The van der Waals surface area contributed by atoms with Crippen molar-refractivity contribution < 1.29 is 0 Å². The van der Waals surface area contributed by atoms with Crippen LogP contribution in [0.4, 0.5) is 17.1 Å². The monoisotopic (exact) mass is 593 g/mol. The second-order valence-corrected chi connectivity index (χ2v) is 12.9. The van der Waals surface area contributed by atoms with E-state index >= 15 is 0 Å². The fourth-order valence-corrected chi connectivity index (χ4v) is 8.44. The standard InChI is InChI=1S/C46H27N/c1-2-12-35-34(7-1)27-42(37-14-4-3-13-36(35)37)47(40-25-21-32-17-15-28-8-5-10-30-19-23-38(40)45(32)43(28)30)41-26-22-33-18-16-29-9-6-11-31-20-24-39(41)46(33)44(29)31/h1-27H. The minimum absolute atomic E-state index is 1.18. The van der Waals surface area contributed by atoms with Crippen molar-refractivity contribution in [2.24, 2.45) is 0 Å². The van der Waals surface area contributed by atoms with Crippen molar-refractivity contribution in [3.63, 3.8) is 0 Å². The number of nitrogens with zero attached hydrogens (tertiary/aromatic N) is 1. The Kier molecular flexibility index (Phi) is 4.90. The molecule has 11 rings (SSSR count). The normalized spacial score (nSPS) is 12.3. The van der Waals surface area contributed by atoms with Gasteiger partial charge >= 0.3 is 0 Å². The Balaban J connectivity index is 1.33. The summed E-state index contributed by atoms with van der Waals surface area (Å²) >= 11 is 0. The predicted molar refractivity (Wildman–Crippen MR) is 204 cm³/mol. The maximum Gasteiger partial charge on any atom is 0.0546 e. The van der Waals surface area contributed by atoms with Crippen molar-refractivity contribution >= 4 is 103 Å². The maximum atomic E-state index is 2.55. The fraction of sp³-hybridized carbons (Fsp3) is 0. The molecule has 0 aliphatic rings. The third-order valence-electron chi connectivity index (χ3n) is 10.5. The SMILES string of the molecule is c1ccc2c(c1)cc(N(c1ccc3ccc4cccc5ccc1c3c45)c1ccc3ccc4cccc5ccc1c3c45)c1ccccc12. The van der Waals surface area contributed by atoms with Crippen molar-refractivity contribution in [3.05, 3.63) is 164 Å². The first-order valence-electron chi connectivity index (χ1n) is 16.4. The summed E-state index contributed by atoms with van der Waals surface area (Å²) in [5.74, 6) is 0. The molecule has 0 unspecified atom stereocenters. The molecule has 0 aliphatic heterocycles. The Hall–Kier alpha value is -6.18. The smallest absolute Gasteiger partial charge is 0.0546 e. The maximum absolute atomic E-state index is 2.55. The molecule has 11 aromatic carbocycles. The van der Waals surface area contributed by atoms with E-state index in [0.717, 1.165) is 0 Å². The van der Waals surface area contributed by atoms with E-state index in [9.17, 15) is 0 Å². The number of fused-ring (bicyclic) bond motifs is 3. The van der Waals surface area contributed by atoms with Crippen LogP contribution in [0.1, 0.15) is 0 Å². The molecule has 216 valence electrons. The minimum atomic E-state index is 1.18. The summed E-state index contributed by atoms with van der Waals surface area (Å²) in [5.41, 5.74) is 3.56. The van der Waals surface area contributed by atoms with E-state index in [-0.39, 0.29) is 0 Å². The van der Waals surface area contributed by atoms with Gasteiger partial charge in [-0.1, -0.05) is 146 Å². The highest BCUT2D eigenvalue weighted by molar-refractivity contribution is 6.29. The molecule has 1 heteroatoms. The molecular weight excluding hydrogens is 567 g/mol. The molecule has 0 saturated carbocycles. The molecule has 0 spiro atoms. The van der Waals surface area contributed by atoms with Crippen LogP contribution in [0.25, 0.3) is 86.2 Å². The molecule has 1 nitrogen and oxygen atoms in total. The van der Waals surface area contributed by atoms with E-state index in [1.165, 1.54) is 103 Å². The lowest BCUT2D eigenvalue weighted by atomic mass is 9.91. The number of anilines is 3. The van der Waals surface area contributed by atoms with Gasteiger partial charge in [0.05, 0.1) is 17.1 Å². The Morgan fingerprint density at radius 3 is 1.19 bits per heavy atom. The van der Waals surface area contributed by atoms with Crippen LogP contribution in [0, 0.1) is 0 Å². The van der Waals surface area contributed by atoms with Crippen molar-refractivity contribution in [1.82, 2.24) is 0 Å². The van der Waals surface area contributed by atoms with Crippen molar-refractivity contribution in [1.29, 1.82) is 0 Å². The zero-order chi connectivity index (χ0) is 30.6. The summed E-state index contributed by atoms with van der Waals surface area (Å²) < 4.78 is 0. The van der Waals surface area contributed by atoms with Gasteiger partial charge in [-0.25, -0.2) is 0 Å². The molecular formula is C46H27N. The topological polar surface area (TPSA) is 3.24 Å². The van der Waals surface area contributed by atoms with Gasteiger partial charge in [-0.3, -0.25) is 0 Å². The summed E-state index contributed by atoms with van der Waals surface area (Å²) in [4.78, 5) is 2.55. The first kappa shape index (κ1) is 25.1. The number of hydrogen-bond acceptors (Lipinski definition) is 1. The highest BCUT2D eigenvalue weighted by Gasteiger charge is 2.23. The molecule has 0 aliphatic carbocycles. The first-order chi connectivity index (χ1) is 23.3. The lowest BCUT2D eigenvalue weighted by Crippen LogP contribution is -2.12. The fourth-order valence-electron chi connectivity index (χ4n) is 8.44.